The molecule has 4 rings (SSSR count). The number of anilines is 1. The van der Waals surface area contributed by atoms with Crippen molar-refractivity contribution in [3.8, 4) is 11.5 Å². The SMILES string of the molecule is Cc1ccc2c(NCC(O)(CC(C)(C)c3cccc4c3OCO4)C(F)(F)F)ccnc2n1. The molecule has 1 aliphatic heterocycles. The van der Waals surface area contributed by atoms with Crippen LogP contribution in [0.15, 0.2) is 42.6 Å². The van der Waals surface area contributed by atoms with E-state index in [1.54, 1.807) is 57.2 Å². The first-order valence-electron chi connectivity index (χ1n) is 10.1. The fourth-order valence-corrected chi connectivity index (χ4v) is 4.07. The lowest BCUT2D eigenvalue weighted by Gasteiger charge is -2.38. The normalized spacial score (nSPS) is 15.6. The highest BCUT2D eigenvalue weighted by molar-refractivity contribution is 5.88. The Bertz CT molecular complexity index is 1150. The molecule has 0 saturated heterocycles. The molecule has 2 aromatic heterocycles. The number of hydrogen-bond donors (Lipinski definition) is 2. The fraction of sp³-hybridized carbons (Fsp3) is 0.391. The number of nitrogens with zero attached hydrogens (tertiary/aromatic N) is 2. The zero-order valence-corrected chi connectivity index (χ0v) is 18.0. The van der Waals surface area contributed by atoms with E-state index in [0.29, 0.717) is 33.8 Å². The van der Waals surface area contributed by atoms with Gasteiger partial charge in [0.05, 0.1) is 6.54 Å². The molecule has 1 aliphatic rings. The molecule has 0 bridgehead atoms. The summed E-state index contributed by atoms with van der Waals surface area (Å²) in [5.74, 6) is 0.895. The smallest absolute Gasteiger partial charge is 0.418 e. The summed E-state index contributed by atoms with van der Waals surface area (Å²) in [5.41, 5.74) is -1.94. The van der Waals surface area contributed by atoms with E-state index in [2.05, 4.69) is 15.3 Å². The van der Waals surface area contributed by atoms with Crippen LogP contribution in [0.2, 0.25) is 0 Å². The van der Waals surface area contributed by atoms with Crippen molar-refractivity contribution in [2.24, 2.45) is 0 Å². The summed E-state index contributed by atoms with van der Waals surface area (Å²) in [6.45, 7) is 4.38. The van der Waals surface area contributed by atoms with Crippen LogP contribution in [-0.2, 0) is 5.41 Å². The number of pyridine rings is 2. The minimum absolute atomic E-state index is 0.0101. The van der Waals surface area contributed by atoms with Crippen LogP contribution in [-0.4, -0.2) is 40.2 Å². The average Bonchev–Trinajstić information content (AvgIpc) is 3.19. The van der Waals surface area contributed by atoms with Gasteiger partial charge in [-0.05, 0) is 43.0 Å². The molecule has 2 N–H and O–H groups in total. The molecule has 9 heteroatoms. The summed E-state index contributed by atoms with van der Waals surface area (Å²) < 4.78 is 53.2. The molecule has 3 heterocycles. The van der Waals surface area contributed by atoms with Crippen molar-refractivity contribution in [1.29, 1.82) is 0 Å². The molecule has 0 aliphatic carbocycles. The summed E-state index contributed by atoms with van der Waals surface area (Å²) in [6.07, 6.45) is -3.99. The molecule has 0 amide bonds. The number of hydrogen-bond acceptors (Lipinski definition) is 6. The Morgan fingerprint density at radius 3 is 2.62 bits per heavy atom. The Labute approximate surface area is 183 Å². The van der Waals surface area contributed by atoms with Gasteiger partial charge in [0.2, 0.25) is 6.79 Å². The molecule has 6 nitrogen and oxygen atoms in total. The number of ether oxygens (including phenoxy) is 2. The molecule has 1 aromatic carbocycles. The molecule has 32 heavy (non-hydrogen) atoms. The third-order valence-electron chi connectivity index (χ3n) is 5.70. The van der Waals surface area contributed by atoms with E-state index < -0.39 is 30.2 Å². The summed E-state index contributed by atoms with van der Waals surface area (Å²) in [4.78, 5) is 8.47. The Hall–Kier alpha value is -3.07. The van der Waals surface area contributed by atoms with Crippen LogP contribution in [0.4, 0.5) is 18.9 Å². The molecule has 0 saturated carbocycles. The summed E-state index contributed by atoms with van der Waals surface area (Å²) in [7, 11) is 0. The molecule has 0 spiro atoms. The van der Waals surface area contributed by atoms with E-state index in [1.807, 2.05) is 0 Å². The maximum absolute atomic E-state index is 14.1. The number of para-hydroxylation sites is 1. The number of aromatic nitrogens is 2. The lowest BCUT2D eigenvalue weighted by atomic mass is 9.74. The van der Waals surface area contributed by atoms with E-state index in [0.717, 1.165) is 5.69 Å². The molecule has 170 valence electrons. The average molecular weight is 447 g/mol. The van der Waals surface area contributed by atoms with Gasteiger partial charge in [-0.15, -0.1) is 0 Å². The predicted octanol–water partition coefficient (Wildman–Crippen LogP) is 4.74. The third kappa shape index (κ3) is 4.04. The van der Waals surface area contributed by atoms with Crippen LogP contribution < -0.4 is 14.8 Å². The Balaban J connectivity index is 1.63. The second-order valence-corrected chi connectivity index (χ2v) is 8.67. The standard InChI is InChI=1S/C23H24F3N3O3/c1-14-7-8-15-17(9-10-27-20(15)29-14)28-12-22(30,23(24,25)26)11-21(2,3)16-5-4-6-18-19(16)32-13-31-18/h4-10,30H,11-13H2,1-3H3,(H,27,28,29). The van der Waals surface area contributed by atoms with Crippen molar-refractivity contribution in [3.63, 3.8) is 0 Å². The topological polar surface area (TPSA) is 76.5 Å². The van der Waals surface area contributed by atoms with Crippen LogP contribution in [0.25, 0.3) is 11.0 Å². The Kier molecular flexibility index (Phi) is 5.40. The number of halogens is 3. The van der Waals surface area contributed by atoms with E-state index in [4.69, 9.17) is 9.47 Å². The highest BCUT2D eigenvalue weighted by atomic mass is 19.4. The summed E-state index contributed by atoms with van der Waals surface area (Å²) >= 11 is 0. The maximum Gasteiger partial charge on any atom is 0.418 e. The fourth-order valence-electron chi connectivity index (χ4n) is 4.07. The minimum Gasteiger partial charge on any atom is -0.454 e. The van der Waals surface area contributed by atoms with Crippen LogP contribution in [0.5, 0.6) is 11.5 Å². The zero-order chi connectivity index (χ0) is 23.1. The first-order valence-corrected chi connectivity index (χ1v) is 10.1. The first-order chi connectivity index (χ1) is 15.0. The first kappa shape index (κ1) is 22.1. The molecule has 0 fully saturated rings. The Morgan fingerprint density at radius 2 is 1.88 bits per heavy atom. The van der Waals surface area contributed by atoms with Gasteiger partial charge in [-0.2, -0.15) is 13.2 Å². The van der Waals surface area contributed by atoms with Crippen LogP contribution in [0.3, 0.4) is 0 Å². The molecule has 1 unspecified atom stereocenters. The quantitative estimate of drug-likeness (QED) is 0.569. The van der Waals surface area contributed by atoms with Crippen molar-refractivity contribution < 1.29 is 27.8 Å². The van der Waals surface area contributed by atoms with Gasteiger partial charge in [0.1, 0.15) is 0 Å². The van der Waals surface area contributed by atoms with Gasteiger partial charge >= 0.3 is 6.18 Å². The van der Waals surface area contributed by atoms with Gasteiger partial charge in [-0.1, -0.05) is 26.0 Å². The third-order valence-corrected chi connectivity index (χ3v) is 5.70. The number of nitrogens with one attached hydrogen (secondary N) is 1. The van der Waals surface area contributed by atoms with E-state index >= 15 is 0 Å². The lowest BCUT2D eigenvalue weighted by molar-refractivity contribution is -0.260. The lowest BCUT2D eigenvalue weighted by Crippen LogP contribution is -2.53. The van der Waals surface area contributed by atoms with Crippen molar-refractivity contribution in [1.82, 2.24) is 9.97 Å². The summed E-state index contributed by atoms with van der Waals surface area (Å²) in [5, 5.41) is 14.2. The number of rotatable bonds is 6. The van der Waals surface area contributed by atoms with Crippen molar-refractivity contribution >= 4 is 16.7 Å². The second kappa shape index (κ2) is 7.81. The molecule has 1 atom stereocenters. The maximum atomic E-state index is 14.1. The van der Waals surface area contributed by atoms with Crippen molar-refractivity contribution in [3.05, 3.63) is 53.9 Å². The molecule has 0 radical (unpaired) electrons. The number of aliphatic hydroxyl groups is 1. The minimum atomic E-state index is -4.87. The Morgan fingerprint density at radius 1 is 1.09 bits per heavy atom. The molecular formula is C23H24F3N3O3. The van der Waals surface area contributed by atoms with E-state index in [1.165, 1.54) is 6.20 Å². The summed E-state index contributed by atoms with van der Waals surface area (Å²) in [6, 6.07) is 10.2. The van der Waals surface area contributed by atoms with Gasteiger partial charge in [0, 0.05) is 28.5 Å². The molecular weight excluding hydrogens is 423 g/mol. The van der Waals surface area contributed by atoms with Crippen LogP contribution in [0.1, 0.15) is 31.5 Å². The molecule has 3 aromatic rings. The zero-order valence-electron chi connectivity index (χ0n) is 18.0. The van der Waals surface area contributed by atoms with Gasteiger partial charge in [0.25, 0.3) is 0 Å². The van der Waals surface area contributed by atoms with E-state index in [9.17, 15) is 18.3 Å². The van der Waals surface area contributed by atoms with Crippen LogP contribution in [0, 0.1) is 6.92 Å². The van der Waals surface area contributed by atoms with Gasteiger partial charge in [0.15, 0.2) is 22.7 Å². The van der Waals surface area contributed by atoms with E-state index in [-0.39, 0.29) is 6.79 Å². The van der Waals surface area contributed by atoms with Gasteiger partial charge in [-0.25, -0.2) is 9.97 Å². The second-order valence-electron chi connectivity index (χ2n) is 8.67. The number of benzene rings is 1. The van der Waals surface area contributed by atoms with Crippen molar-refractivity contribution in [2.75, 3.05) is 18.7 Å². The van der Waals surface area contributed by atoms with Crippen LogP contribution >= 0.6 is 0 Å². The number of aryl methyl sites for hydroxylation is 1. The highest BCUT2D eigenvalue weighted by Gasteiger charge is 2.56. The van der Waals surface area contributed by atoms with Crippen molar-refractivity contribution in [2.45, 2.75) is 44.4 Å². The predicted molar refractivity (Wildman–Crippen MR) is 114 cm³/mol. The number of alkyl halides is 3. The van der Waals surface area contributed by atoms with Gasteiger partial charge < -0.3 is 19.9 Å². The van der Waals surface area contributed by atoms with Gasteiger partial charge in [-0.3, -0.25) is 0 Å². The highest BCUT2D eigenvalue weighted by Crippen LogP contribution is 2.47. The monoisotopic (exact) mass is 447 g/mol. The largest absolute Gasteiger partial charge is 0.454 e. The number of fused-ring (bicyclic) bond motifs is 2.